The van der Waals surface area contributed by atoms with Crippen LogP contribution in [-0.2, 0) is 14.4 Å². The smallest absolute Gasteiger partial charge is 0.234 e. The number of rotatable bonds is 7. The summed E-state index contributed by atoms with van der Waals surface area (Å²) in [5.74, 6) is 0.201. The zero-order valence-electron chi connectivity index (χ0n) is 17.1. The molecule has 2 aromatic rings. The Morgan fingerprint density at radius 3 is 2.20 bits per heavy atom. The molecule has 0 heterocycles. The molecule has 0 radical (unpaired) electrons. The maximum absolute atomic E-state index is 12.4. The van der Waals surface area contributed by atoms with E-state index in [9.17, 15) is 14.4 Å². The molecule has 6 nitrogen and oxygen atoms in total. The van der Waals surface area contributed by atoms with Crippen molar-refractivity contribution in [1.29, 1.82) is 0 Å². The van der Waals surface area contributed by atoms with E-state index in [1.54, 1.807) is 24.3 Å². The van der Waals surface area contributed by atoms with Crippen molar-refractivity contribution in [2.75, 3.05) is 21.7 Å². The second-order valence-corrected chi connectivity index (χ2v) is 8.50. The molecule has 0 spiro atoms. The van der Waals surface area contributed by atoms with Gasteiger partial charge in [-0.25, -0.2) is 0 Å². The third kappa shape index (κ3) is 6.91. The molecule has 1 aliphatic carbocycles. The molecule has 3 amide bonds. The van der Waals surface area contributed by atoms with Crippen LogP contribution in [0.2, 0.25) is 0 Å². The minimum atomic E-state index is -0.139. The maximum Gasteiger partial charge on any atom is 0.234 e. The Kier molecular flexibility index (Phi) is 7.90. The second-order valence-electron chi connectivity index (χ2n) is 7.45. The monoisotopic (exact) mass is 425 g/mol. The summed E-state index contributed by atoms with van der Waals surface area (Å²) in [6.07, 6.45) is 5.40. The van der Waals surface area contributed by atoms with Gasteiger partial charge in [0.1, 0.15) is 0 Å². The molecular weight excluding hydrogens is 398 g/mol. The molecule has 0 aromatic heterocycles. The number of nitrogens with one attached hydrogen (secondary N) is 3. The van der Waals surface area contributed by atoms with Crippen LogP contribution in [0.25, 0.3) is 0 Å². The highest BCUT2D eigenvalue weighted by molar-refractivity contribution is 8.00. The van der Waals surface area contributed by atoms with Crippen molar-refractivity contribution in [2.24, 2.45) is 5.92 Å². The van der Waals surface area contributed by atoms with Crippen molar-refractivity contribution in [3.8, 4) is 0 Å². The normalized spacial score (nSPS) is 14.0. The predicted molar refractivity (Wildman–Crippen MR) is 122 cm³/mol. The highest BCUT2D eigenvalue weighted by atomic mass is 32.2. The SMILES string of the molecule is CC(=O)Nc1ccc(NC(=O)CSc2cccc(NC(=O)C3CCCCC3)c2)cc1. The van der Waals surface area contributed by atoms with Gasteiger partial charge in [0.2, 0.25) is 17.7 Å². The number of anilines is 3. The van der Waals surface area contributed by atoms with Gasteiger partial charge in [-0.1, -0.05) is 25.3 Å². The highest BCUT2D eigenvalue weighted by Crippen LogP contribution is 2.26. The van der Waals surface area contributed by atoms with Gasteiger partial charge in [-0.2, -0.15) is 0 Å². The lowest BCUT2D eigenvalue weighted by atomic mass is 9.88. The Balaban J connectivity index is 1.48. The van der Waals surface area contributed by atoms with Crippen molar-refractivity contribution >= 4 is 46.5 Å². The fourth-order valence-electron chi connectivity index (χ4n) is 3.46. The first kappa shape index (κ1) is 21.9. The van der Waals surface area contributed by atoms with Gasteiger partial charge in [0.15, 0.2) is 0 Å². The lowest BCUT2D eigenvalue weighted by Gasteiger charge is -2.20. The van der Waals surface area contributed by atoms with Crippen molar-refractivity contribution in [3.63, 3.8) is 0 Å². The molecule has 1 aliphatic rings. The van der Waals surface area contributed by atoms with Gasteiger partial charge in [-0.05, 0) is 55.3 Å². The van der Waals surface area contributed by atoms with E-state index in [0.29, 0.717) is 11.4 Å². The number of thioether (sulfide) groups is 1. The number of hydrogen-bond donors (Lipinski definition) is 3. The van der Waals surface area contributed by atoms with Crippen LogP contribution in [-0.4, -0.2) is 23.5 Å². The predicted octanol–water partition coefficient (Wildman–Crippen LogP) is 4.89. The molecule has 0 unspecified atom stereocenters. The molecule has 30 heavy (non-hydrogen) atoms. The van der Waals surface area contributed by atoms with Gasteiger partial charge in [0.25, 0.3) is 0 Å². The number of hydrogen-bond acceptors (Lipinski definition) is 4. The van der Waals surface area contributed by atoms with Crippen LogP contribution in [0, 0.1) is 5.92 Å². The van der Waals surface area contributed by atoms with Crippen LogP contribution in [0.4, 0.5) is 17.1 Å². The largest absolute Gasteiger partial charge is 0.326 e. The first-order chi connectivity index (χ1) is 14.5. The molecule has 3 rings (SSSR count). The van der Waals surface area contributed by atoms with Crippen molar-refractivity contribution in [2.45, 2.75) is 43.9 Å². The van der Waals surface area contributed by atoms with E-state index in [4.69, 9.17) is 0 Å². The lowest BCUT2D eigenvalue weighted by Crippen LogP contribution is -2.24. The van der Waals surface area contributed by atoms with Crippen LogP contribution in [0.5, 0.6) is 0 Å². The zero-order valence-corrected chi connectivity index (χ0v) is 17.9. The third-order valence-electron chi connectivity index (χ3n) is 4.94. The molecule has 1 fully saturated rings. The van der Waals surface area contributed by atoms with Gasteiger partial charge < -0.3 is 16.0 Å². The fourth-order valence-corrected chi connectivity index (χ4v) is 4.21. The molecule has 3 N–H and O–H groups in total. The fraction of sp³-hybridized carbons (Fsp3) is 0.348. The molecule has 0 saturated heterocycles. The Morgan fingerprint density at radius 1 is 0.867 bits per heavy atom. The summed E-state index contributed by atoms with van der Waals surface area (Å²) in [7, 11) is 0. The van der Waals surface area contributed by atoms with Gasteiger partial charge in [0, 0.05) is 34.8 Å². The topological polar surface area (TPSA) is 87.3 Å². The quantitative estimate of drug-likeness (QED) is 0.551. The van der Waals surface area contributed by atoms with E-state index in [2.05, 4.69) is 16.0 Å². The van der Waals surface area contributed by atoms with Gasteiger partial charge in [-0.15, -0.1) is 11.8 Å². The van der Waals surface area contributed by atoms with E-state index in [0.717, 1.165) is 36.3 Å². The van der Waals surface area contributed by atoms with Gasteiger partial charge >= 0.3 is 0 Å². The number of benzene rings is 2. The van der Waals surface area contributed by atoms with Crippen LogP contribution < -0.4 is 16.0 Å². The van der Waals surface area contributed by atoms with Crippen LogP contribution in [0.3, 0.4) is 0 Å². The summed E-state index contributed by atoms with van der Waals surface area (Å²) in [6.45, 7) is 1.45. The summed E-state index contributed by atoms with van der Waals surface area (Å²) in [6, 6.07) is 14.6. The van der Waals surface area contributed by atoms with E-state index >= 15 is 0 Å². The molecule has 0 aliphatic heterocycles. The van der Waals surface area contributed by atoms with E-state index in [-0.39, 0.29) is 29.4 Å². The van der Waals surface area contributed by atoms with Crippen LogP contribution in [0.1, 0.15) is 39.0 Å². The molecule has 0 atom stereocenters. The standard InChI is InChI=1S/C23H27N3O3S/c1-16(27)24-18-10-12-19(13-11-18)25-22(28)15-30-21-9-5-8-20(14-21)26-23(29)17-6-3-2-4-7-17/h5,8-14,17H,2-4,6-7,15H2,1H3,(H,24,27)(H,25,28)(H,26,29). The average molecular weight is 426 g/mol. The molecule has 158 valence electrons. The minimum absolute atomic E-state index is 0.0947. The zero-order chi connectivity index (χ0) is 21.3. The summed E-state index contributed by atoms with van der Waals surface area (Å²) >= 11 is 1.42. The molecule has 1 saturated carbocycles. The average Bonchev–Trinajstić information content (AvgIpc) is 2.74. The summed E-state index contributed by atoms with van der Waals surface area (Å²) in [5.41, 5.74) is 2.12. The number of amides is 3. The number of carbonyl (C=O) groups excluding carboxylic acids is 3. The first-order valence-corrected chi connectivity index (χ1v) is 11.2. The van der Waals surface area contributed by atoms with Crippen LogP contribution in [0.15, 0.2) is 53.4 Å². The second kappa shape index (κ2) is 10.8. The van der Waals surface area contributed by atoms with E-state index in [1.807, 2.05) is 24.3 Å². The van der Waals surface area contributed by atoms with Crippen molar-refractivity contribution in [1.82, 2.24) is 0 Å². The molecule has 7 heteroatoms. The highest BCUT2D eigenvalue weighted by Gasteiger charge is 2.21. The summed E-state index contributed by atoms with van der Waals surface area (Å²) in [5, 5.41) is 8.54. The lowest BCUT2D eigenvalue weighted by molar-refractivity contribution is -0.120. The third-order valence-corrected chi connectivity index (χ3v) is 5.93. The Labute approximate surface area is 181 Å². The van der Waals surface area contributed by atoms with Gasteiger partial charge in [-0.3, -0.25) is 14.4 Å². The number of carbonyl (C=O) groups is 3. The maximum atomic E-state index is 12.4. The Morgan fingerprint density at radius 2 is 1.53 bits per heavy atom. The van der Waals surface area contributed by atoms with Crippen molar-refractivity contribution in [3.05, 3.63) is 48.5 Å². The minimum Gasteiger partial charge on any atom is -0.326 e. The van der Waals surface area contributed by atoms with E-state index < -0.39 is 0 Å². The molecular formula is C23H27N3O3S. The first-order valence-electron chi connectivity index (χ1n) is 10.2. The summed E-state index contributed by atoms with van der Waals surface area (Å²) < 4.78 is 0. The van der Waals surface area contributed by atoms with Crippen molar-refractivity contribution < 1.29 is 14.4 Å². The summed E-state index contributed by atoms with van der Waals surface area (Å²) in [4.78, 5) is 36.6. The van der Waals surface area contributed by atoms with E-state index in [1.165, 1.54) is 25.1 Å². The van der Waals surface area contributed by atoms with Gasteiger partial charge in [0.05, 0.1) is 5.75 Å². The molecule has 2 aromatic carbocycles. The Bertz CT molecular complexity index is 893. The Hall–Kier alpha value is -2.80. The molecule has 0 bridgehead atoms. The van der Waals surface area contributed by atoms with Crippen LogP contribution >= 0.6 is 11.8 Å².